The summed E-state index contributed by atoms with van der Waals surface area (Å²) in [6.07, 6.45) is 1.13. The Hall–Kier alpha value is -5.10. The van der Waals surface area contributed by atoms with Gasteiger partial charge in [-0.25, -0.2) is 9.78 Å². The number of hydrogen-bond acceptors (Lipinski definition) is 12. The first-order chi connectivity index (χ1) is 29.8. The lowest BCUT2D eigenvalue weighted by Crippen LogP contribution is -2.60. The number of nitrogens with one attached hydrogen (secondary N) is 4. The predicted molar refractivity (Wildman–Crippen MR) is 245 cm³/mol. The Morgan fingerprint density at radius 1 is 0.984 bits per heavy atom. The molecule has 5 N–H and O–H groups in total. The summed E-state index contributed by atoms with van der Waals surface area (Å²) in [5.41, 5.74) is -0.182. The van der Waals surface area contributed by atoms with Crippen LogP contribution in [-0.2, 0) is 39.9 Å². The number of rotatable bonds is 21. The van der Waals surface area contributed by atoms with Crippen LogP contribution in [0.2, 0.25) is 0 Å². The number of carboxylic acid groups (broad SMARTS) is 1. The van der Waals surface area contributed by atoms with Crippen molar-refractivity contribution in [3.8, 4) is 0 Å². The van der Waals surface area contributed by atoms with E-state index < -0.39 is 77.2 Å². The molecule has 0 radical (unpaired) electrons. The number of hydrogen-bond donors (Lipinski definition) is 5. The summed E-state index contributed by atoms with van der Waals surface area (Å²) in [5.74, 6) is -4.11. The number of aliphatic carboxylic acids is 1. The first kappa shape index (κ1) is 53.2. The number of alkyl carbamates (subject to hydrolysis) is 1. The number of carbonyl (C=O) groups excluding carboxylic acids is 6. The second-order valence-electron chi connectivity index (χ2n) is 18.7. The molecule has 17 nitrogen and oxygen atoms in total. The van der Waals surface area contributed by atoms with Gasteiger partial charge in [0.05, 0.1) is 11.5 Å². The average Bonchev–Trinajstić information content (AvgIpc) is 3.84. The van der Waals surface area contributed by atoms with Crippen molar-refractivity contribution < 1.29 is 48.1 Å². The quantitative estimate of drug-likeness (QED) is 0.0918. The van der Waals surface area contributed by atoms with E-state index in [9.17, 15) is 38.7 Å². The highest BCUT2D eigenvalue weighted by Gasteiger charge is 2.44. The van der Waals surface area contributed by atoms with Crippen LogP contribution in [0.4, 0.5) is 10.5 Å². The third-order valence-corrected chi connectivity index (χ3v) is 12.8. The molecule has 0 saturated carbocycles. The van der Waals surface area contributed by atoms with Gasteiger partial charge in [-0.15, -0.1) is 11.3 Å². The third kappa shape index (κ3) is 15.3. The van der Waals surface area contributed by atoms with E-state index in [1.54, 1.807) is 69.3 Å². The molecule has 8 atom stereocenters. The number of amides is 5. The smallest absolute Gasteiger partial charge is 0.408 e. The van der Waals surface area contributed by atoms with Crippen LogP contribution in [0.1, 0.15) is 135 Å². The van der Waals surface area contributed by atoms with E-state index in [1.807, 2.05) is 46.6 Å². The highest BCUT2D eigenvalue weighted by atomic mass is 32.1. The Bertz CT molecular complexity index is 1950. The summed E-state index contributed by atoms with van der Waals surface area (Å²) in [4.78, 5) is 99.2. The lowest BCUT2D eigenvalue weighted by atomic mass is 9.91. The molecule has 2 heterocycles. The molecule has 1 fully saturated rings. The molecular formula is C46H71N7O10S. The molecule has 18 heteroatoms. The summed E-state index contributed by atoms with van der Waals surface area (Å²) in [5, 5.41) is 22.9. The van der Waals surface area contributed by atoms with E-state index in [4.69, 9.17) is 9.47 Å². The number of likely N-dealkylation sites (N-methyl/N-ethyl adjacent to an activating group) is 2. The Morgan fingerprint density at radius 2 is 1.62 bits per heavy atom. The molecule has 5 amide bonds. The number of ether oxygens (including phenoxy) is 2. The normalized spacial score (nSPS) is 18.7. The van der Waals surface area contributed by atoms with Gasteiger partial charge in [-0.1, -0.05) is 53.2 Å². The monoisotopic (exact) mass is 913 g/mol. The second kappa shape index (κ2) is 23.2. The summed E-state index contributed by atoms with van der Waals surface area (Å²) in [7, 11) is 3.61. The molecule has 64 heavy (non-hydrogen) atoms. The number of esters is 1. The maximum absolute atomic E-state index is 14.3. The number of nitrogens with zero attached hydrogens (tertiary/aromatic N) is 3. The first-order valence-electron chi connectivity index (χ1n) is 22.1. The van der Waals surface area contributed by atoms with Gasteiger partial charge in [0.15, 0.2) is 6.10 Å². The van der Waals surface area contributed by atoms with Gasteiger partial charge in [-0.3, -0.25) is 33.7 Å². The van der Waals surface area contributed by atoms with Crippen LogP contribution in [0.15, 0.2) is 29.6 Å². The van der Waals surface area contributed by atoms with Gasteiger partial charge in [-0.05, 0) is 103 Å². The van der Waals surface area contributed by atoms with Crippen molar-refractivity contribution in [2.45, 2.75) is 156 Å². The van der Waals surface area contributed by atoms with Crippen LogP contribution in [-0.4, -0.2) is 117 Å². The van der Waals surface area contributed by atoms with Crippen molar-refractivity contribution in [1.82, 2.24) is 30.7 Å². The molecule has 3 rings (SSSR count). The van der Waals surface area contributed by atoms with Crippen LogP contribution in [0.5, 0.6) is 0 Å². The van der Waals surface area contributed by atoms with Crippen molar-refractivity contribution in [2.24, 2.45) is 17.8 Å². The van der Waals surface area contributed by atoms with Crippen molar-refractivity contribution in [3.63, 3.8) is 0 Å². The minimum atomic E-state index is -1.02. The summed E-state index contributed by atoms with van der Waals surface area (Å²) in [6, 6.07) is 4.08. The number of carbonyl (C=O) groups is 7. The number of carboxylic acids is 1. The summed E-state index contributed by atoms with van der Waals surface area (Å²) >= 11 is 1.13. The Balaban J connectivity index is 1.78. The fourth-order valence-corrected chi connectivity index (χ4v) is 8.41. The van der Waals surface area contributed by atoms with Crippen LogP contribution < -0.4 is 21.3 Å². The molecule has 1 aromatic heterocycles. The van der Waals surface area contributed by atoms with Crippen molar-refractivity contribution >= 4 is 58.7 Å². The standard InChI is InChI=1S/C46H71N7O10S/c1-14-27(4)37(51-43(60)46(11)20-15-21-52(46)12)41(57)53(13)35(26(2)3)24-36(62-30(7)54)40-50-34(25-64-40)39(56)49-33(22-28(5)42(58)59)23-31-16-18-32(19-17-31)48-38(55)29(6)47-44(61)63-45(8,9)10/h16-19,25-29,33,35-37H,14-15,20-24H2,1-13H3,(H,47,61)(H,48,55)(H,49,56)(H,51,60)(H,58,59)/t27?,28?,29?,33?,35?,36?,37?,46-/m1/s1. The molecule has 0 aliphatic carbocycles. The number of anilines is 1. The molecule has 1 aromatic carbocycles. The molecule has 1 aliphatic rings. The lowest BCUT2D eigenvalue weighted by Gasteiger charge is -2.38. The average molecular weight is 914 g/mol. The SMILES string of the molecule is CCC(C)C(NC(=O)[C@@]1(C)CCCN1C)C(=O)N(C)C(CC(OC(C)=O)c1nc(C(=O)NC(Cc2ccc(NC(=O)C(C)NC(=O)OC(C)(C)C)cc2)CC(C)C(=O)O)cs1)C(C)C. The Labute approximate surface area is 382 Å². The molecule has 0 spiro atoms. The van der Waals surface area contributed by atoms with Gasteiger partial charge in [0, 0.05) is 43.5 Å². The molecule has 1 saturated heterocycles. The minimum absolute atomic E-state index is 0.0488. The Kier molecular flexibility index (Phi) is 19.3. The van der Waals surface area contributed by atoms with E-state index >= 15 is 0 Å². The zero-order valence-corrected chi connectivity index (χ0v) is 40.6. The van der Waals surface area contributed by atoms with Crippen molar-refractivity contribution in [2.75, 3.05) is 26.0 Å². The largest absolute Gasteiger partial charge is 0.481 e. The number of likely N-dealkylation sites (tertiary alicyclic amines) is 1. The third-order valence-electron chi connectivity index (χ3n) is 11.9. The van der Waals surface area contributed by atoms with Gasteiger partial charge in [-0.2, -0.15) is 0 Å². The first-order valence-corrected chi connectivity index (χ1v) is 23.0. The molecule has 0 bridgehead atoms. The minimum Gasteiger partial charge on any atom is -0.481 e. The van der Waals surface area contributed by atoms with Gasteiger partial charge in [0.1, 0.15) is 28.4 Å². The maximum Gasteiger partial charge on any atom is 0.408 e. The van der Waals surface area contributed by atoms with E-state index in [2.05, 4.69) is 26.3 Å². The number of thiazole rings is 1. The maximum atomic E-state index is 14.3. The van der Waals surface area contributed by atoms with Crippen molar-refractivity contribution in [1.29, 1.82) is 0 Å². The summed E-state index contributed by atoms with van der Waals surface area (Å²) < 4.78 is 11.0. The molecular weight excluding hydrogens is 843 g/mol. The molecule has 7 unspecified atom stereocenters. The highest BCUT2D eigenvalue weighted by Crippen LogP contribution is 2.32. The highest BCUT2D eigenvalue weighted by molar-refractivity contribution is 7.09. The van der Waals surface area contributed by atoms with E-state index in [0.717, 1.165) is 29.9 Å². The molecule has 1 aliphatic heterocycles. The van der Waals surface area contributed by atoms with Crippen LogP contribution in [0.3, 0.4) is 0 Å². The fraction of sp³-hybridized carbons (Fsp3) is 0.652. The van der Waals surface area contributed by atoms with Gasteiger partial charge in [0.25, 0.3) is 5.91 Å². The molecule has 356 valence electrons. The van der Waals surface area contributed by atoms with Crippen molar-refractivity contribution in [3.05, 3.63) is 45.9 Å². The fourth-order valence-electron chi connectivity index (χ4n) is 7.57. The van der Waals surface area contributed by atoms with Gasteiger partial charge < -0.3 is 40.7 Å². The number of benzene rings is 1. The van der Waals surface area contributed by atoms with Crippen LogP contribution in [0, 0.1) is 17.8 Å². The number of aromatic nitrogens is 1. The van der Waals surface area contributed by atoms with E-state index in [1.165, 1.54) is 13.8 Å². The van der Waals surface area contributed by atoms with Gasteiger partial charge >= 0.3 is 18.0 Å². The lowest BCUT2D eigenvalue weighted by molar-refractivity contribution is -0.149. The molecule has 2 aromatic rings. The van der Waals surface area contributed by atoms with Crippen LogP contribution in [0.25, 0.3) is 0 Å². The van der Waals surface area contributed by atoms with E-state index in [0.29, 0.717) is 23.5 Å². The summed E-state index contributed by atoms with van der Waals surface area (Å²) in [6.45, 7) is 20.0. The second-order valence-corrected chi connectivity index (χ2v) is 19.6. The van der Waals surface area contributed by atoms with E-state index in [-0.39, 0.29) is 48.6 Å². The Morgan fingerprint density at radius 3 is 2.16 bits per heavy atom. The topological polar surface area (TPSA) is 226 Å². The van der Waals surface area contributed by atoms with Crippen LogP contribution >= 0.6 is 11.3 Å². The predicted octanol–water partition coefficient (Wildman–Crippen LogP) is 5.94. The van der Waals surface area contributed by atoms with Gasteiger partial charge in [0.2, 0.25) is 17.7 Å². The zero-order valence-electron chi connectivity index (χ0n) is 39.8. The zero-order chi connectivity index (χ0) is 48.3.